The second-order valence-corrected chi connectivity index (χ2v) is 3.63. The zero-order valence-corrected chi connectivity index (χ0v) is 10.4. The summed E-state index contributed by atoms with van der Waals surface area (Å²) in [5.41, 5.74) is 1.13. The number of rotatable bonds is 7. The van der Waals surface area contributed by atoms with E-state index in [1.807, 2.05) is 35.2 Å². The van der Waals surface area contributed by atoms with Crippen LogP contribution in [0.25, 0.3) is 0 Å². The van der Waals surface area contributed by atoms with Crippen molar-refractivity contribution in [3.63, 3.8) is 0 Å². The summed E-state index contributed by atoms with van der Waals surface area (Å²) in [6.07, 6.45) is 0.104. The molecule has 0 aliphatic heterocycles. The van der Waals surface area contributed by atoms with Crippen LogP contribution in [0.4, 0.5) is 0 Å². The highest BCUT2D eigenvalue weighted by Gasteiger charge is 2.07. The third-order valence-corrected chi connectivity index (χ3v) is 2.31. The Kier molecular flexibility index (Phi) is 8.40. The van der Waals surface area contributed by atoms with Gasteiger partial charge >= 0.3 is 5.97 Å². The van der Waals surface area contributed by atoms with Gasteiger partial charge in [0.1, 0.15) is 0 Å². The number of carboxylic acid groups (broad SMARTS) is 1. The van der Waals surface area contributed by atoms with Gasteiger partial charge in [-0.3, -0.25) is 9.69 Å². The Morgan fingerprint density at radius 2 is 1.82 bits per heavy atom. The lowest BCUT2D eigenvalue weighted by molar-refractivity contribution is -0.137. The van der Waals surface area contributed by atoms with Crippen molar-refractivity contribution in [3.05, 3.63) is 35.9 Å². The van der Waals surface area contributed by atoms with Crippen LogP contribution in [0.5, 0.6) is 0 Å². The van der Waals surface area contributed by atoms with E-state index < -0.39 is 5.97 Å². The number of hydrogen-bond donors (Lipinski definition) is 2. The molecule has 4 nitrogen and oxygen atoms in total. The summed E-state index contributed by atoms with van der Waals surface area (Å²) in [6, 6.07) is 9.82. The van der Waals surface area contributed by atoms with E-state index in [9.17, 15) is 4.79 Å². The van der Waals surface area contributed by atoms with Crippen molar-refractivity contribution in [1.82, 2.24) is 4.90 Å². The minimum Gasteiger partial charge on any atom is -0.481 e. The maximum atomic E-state index is 10.5. The molecular formula is C12H18ClNO3. The molecule has 1 rings (SSSR count). The monoisotopic (exact) mass is 259 g/mol. The van der Waals surface area contributed by atoms with Gasteiger partial charge in [-0.2, -0.15) is 0 Å². The highest BCUT2D eigenvalue weighted by molar-refractivity contribution is 5.85. The van der Waals surface area contributed by atoms with Crippen molar-refractivity contribution < 1.29 is 15.0 Å². The van der Waals surface area contributed by atoms with Gasteiger partial charge < -0.3 is 10.2 Å². The molecule has 0 amide bonds. The van der Waals surface area contributed by atoms with Crippen molar-refractivity contribution in [1.29, 1.82) is 0 Å². The van der Waals surface area contributed by atoms with Gasteiger partial charge in [0.05, 0.1) is 13.0 Å². The molecule has 0 bridgehead atoms. The molecule has 0 fully saturated rings. The summed E-state index contributed by atoms with van der Waals surface area (Å²) in [5.74, 6) is -0.809. The molecule has 0 saturated heterocycles. The smallest absolute Gasteiger partial charge is 0.304 e. The number of aliphatic hydroxyl groups excluding tert-OH is 1. The average molecular weight is 260 g/mol. The summed E-state index contributed by atoms with van der Waals surface area (Å²) < 4.78 is 0. The Morgan fingerprint density at radius 1 is 1.18 bits per heavy atom. The van der Waals surface area contributed by atoms with Crippen LogP contribution in [0.3, 0.4) is 0 Å². The molecule has 0 aliphatic carbocycles. The van der Waals surface area contributed by atoms with E-state index in [4.69, 9.17) is 10.2 Å². The molecule has 0 radical (unpaired) electrons. The Bertz CT molecular complexity index is 319. The molecule has 0 spiro atoms. The maximum absolute atomic E-state index is 10.5. The zero-order chi connectivity index (χ0) is 11.8. The van der Waals surface area contributed by atoms with Crippen molar-refractivity contribution in [2.24, 2.45) is 0 Å². The first kappa shape index (κ1) is 15.9. The standard InChI is InChI=1S/C12H17NO3.ClH/c14-9-8-13(7-6-12(15)16)10-11-4-2-1-3-5-11;/h1-5,14H,6-10H2,(H,15,16);1H. The van der Waals surface area contributed by atoms with Gasteiger partial charge in [-0.1, -0.05) is 30.3 Å². The quantitative estimate of drug-likeness (QED) is 0.777. The van der Waals surface area contributed by atoms with Crippen LogP contribution >= 0.6 is 12.4 Å². The van der Waals surface area contributed by atoms with Crippen LogP contribution in [-0.2, 0) is 11.3 Å². The van der Waals surface area contributed by atoms with E-state index in [2.05, 4.69) is 0 Å². The van der Waals surface area contributed by atoms with Crippen molar-refractivity contribution in [2.45, 2.75) is 13.0 Å². The van der Waals surface area contributed by atoms with Gasteiger partial charge in [0.15, 0.2) is 0 Å². The van der Waals surface area contributed by atoms with E-state index in [1.54, 1.807) is 0 Å². The van der Waals surface area contributed by atoms with Gasteiger partial charge in [0, 0.05) is 19.6 Å². The van der Waals surface area contributed by atoms with Crippen molar-refractivity contribution >= 4 is 18.4 Å². The Morgan fingerprint density at radius 3 is 2.35 bits per heavy atom. The van der Waals surface area contributed by atoms with E-state index >= 15 is 0 Å². The number of aliphatic hydroxyl groups is 1. The minimum absolute atomic E-state index is 0. The van der Waals surface area contributed by atoms with Crippen LogP contribution in [0, 0.1) is 0 Å². The molecule has 0 atom stereocenters. The van der Waals surface area contributed by atoms with E-state index in [-0.39, 0.29) is 25.4 Å². The molecule has 17 heavy (non-hydrogen) atoms. The zero-order valence-electron chi connectivity index (χ0n) is 9.58. The largest absolute Gasteiger partial charge is 0.481 e. The molecule has 96 valence electrons. The summed E-state index contributed by atoms with van der Waals surface area (Å²) in [6.45, 7) is 1.69. The molecule has 0 saturated carbocycles. The summed E-state index contributed by atoms with van der Waals surface area (Å²) in [5, 5.41) is 17.5. The lowest BCUT2D eigenvalue weighted by Crippen LogP contribution is -2.28. The van der Waals surface area contributed by atoms with Gasteiger partial charge in [0.25, 0.3) is 0 Å². The van der Waals surface area contributed by atoms with E-state index in [0.29, 0.717) is 19.6 Å². The molecule has 0 unspecified atom stereocenters. The number of hydrogen-bond acceptors (Lipinski definition) is 3. The number of halogens is 1. The summed E-state index contributed by atoms with van der Waals surface area (Å²) in [7, 11) is 0. The van der Waals surface area contributed by atoms with Crippen molar-refractivity contribution in [2.75, 3.05) is 19.7 Å². The predicted molar refractivity (Wildman–Crippen MR) is 68.3 cm³/mol. The van der Waals surface area contributed by atoms with E-state index in [0.717, 1.165) is 5.56 Å². The lowest BCUT2D eigenvalue weighted by atomic mass is 10.2. The Balaban J connectivity index is 0.00000256. The first-order valence-electron chi connectivity index (χ1n) is 5.31. The summed E-state index contributed by atoms with van der Waals surface area (Å²) in [4.78, 5) is 12.4. The first-order chi connectivity index (χ1) is 7.72. The third-order valence-electron chi connectivity index (χ3n) is 2.31. The highest BCUT2D eigenvalue weighted by Crippen LogP contribution is 2.04. The second kappa shape index (κ2) is 8.98. The lowest BCUT2D eigenvalue weighted by Gasteiger charge is -2.20. The Labute approximate surface area is 107 Å². The second-order valence-electron chi connectivity index (χ2n) is 3.63. The van der Waals surface area contributed by atoms with Gasteiger partial charge in [-0.25, -0.2) is 0 Å². The summed E-state index contributed by atoms with van der Waals surface area (Å²) >= 11 is 0. The topological polar surface area (TPSA) is 60.8 Å². The molecule has 5 heteroatoms. The van der Waals surface area contributed by atoms with Crippen LogP contribution in [0.15, 0.2) is 30.3 Å². The number of nitrogens with zero attached hydrogens (tertiary/aromatic N) is 1. The Hall–Kier alpha value is -1.10. The molecule has 0 aliphatic rings. The first-order valence-corrected chi connectivity index (χ1v) is 5.31. The van der Waals surface area contributed by atoms with Crippen LogP contribution in [0.1, 0.15) is 12.0 Å². The molecular weight excluding hydrogens is 242 g/mol. The number of aliphatic carboxylic acids is 1. The predicted octanol–water partition coefficient (Wildman–Crippen LogP) is 1.38. The third kappa shape index (κ3) is 6.94. The normalized spacial score (nSPS) is 10.0. The van der Waals surface area contributed by atoms with Crippen LogP contribution in [0.2, 0.25) is 0 Å². The van der Waals surface area contributed by atoms with Gasteiger partial charge in [-0.15, -0.1) is 12.4 Å². The van der Waals surface area contributed by atoms with Crippen LogP contribution < -0.4 is 0 Å². The fourth-order valence-corrected chi connectivity index (χ4v) is 1.51. The fraction of sp³-hybridized carbons (Fsp3) is 0.417. The fourth-order valence-electron chi connectivity index (χ4n) is 1.51. The molecule has 0 heterocycles. The molecule has 1 aromatic carbocycles. The molecule has 1 aromatic rings. The minimum atomic E-state index is -0.809. The molecule has 2 N–H and O–H groups in total. The SMILES string of the molecule is Cl.O=C(O)CCN(CCO)Cc1ccccc1. The molecule has 0 aromatic heterocycles. The van der Waals surface area contributed by atoms with Gasteiger partial charge in [-0.05, 0) is 5.56 Å². The maximum Gasteiger partial charge on any atom is 0.304 e. The number of benzene rings is 1. The number of carboxylic acids is 1. The number of carbonyl (C=O) groups is 1. The van der Waals surface area contributed by atoms with Gasteiger partial charge in [0.2, 0.25) is 0 Å². The highest BCUT2D eigenvalue weighted by atomic mass is 35.5. The van der Waals surface area contributed by atoms with Crippen LogP contribution in [-0.4, -0.2) is 40.8 Å². The van der Waals surface area contributed by atoms with E-state index in [1.165, 1.54) is 0 Å². The average Bonchev–Trinajstić information content (AvgIpc) is 2.27. The van der Waals surface area contributed by atoms with Crippen molar-refractivity contribution in [3.8, 4) is 0 Å².